The second-order valence-corrected chi connectivity index (χ2v) is 1.34. The summed E-state index contributed by atoms with van der Waals surface area (Å²) < 4.78 is 31.6. The second kappa shape index (κ2) is 2.55. The molecule has 4 nitrogen and oxygen atoms in total. The summed E-state index contributed by atoms with van der Waals surface area (Å²) in [6.07, 6.45) is 0. The normalized spacial score (nSPS) is 9.67. The Labute approximate surface area is 45.9 Å². The SMILES string of the molecule is O=S(=O)(O)O.[Cr+2]. The Morgan fingerprint density at radius 1 is 1.17 bits per heavy atom. The Hall–Kier alpha value is 0.402. The van der Waals surface area contributed by atoms with E-state index in [1.54, 1.807) is 0 Å². The maximum Gasteiger partial charge on any atom is 2.00 e. The maximum absolute atomic E-state index is 8.74. The third kappa shape index (κ3) is 315. The summed E-state index contributed by atoms with van der Waals surface area (Å²) in [6, 6.07) is 0. The average Bonchev–Trinajstić information content (AvgIpc) is 0.722. The van der Waals surface area contributed by atoms with E-state index in [1.807, 2.05) is 0 Å². The van der Waals surface area contributed by atoms with Gasteiger partial charge in [-0.2, -0.15) is 8.42 Å². The minimum absolute atomic E-state index is 0. The van der Waals surface area contributed by atoms with Crippen molar-refractivity contribution in [3.63, 3.8) is 0 Å². The third-order valence-corrected chi connectivity index (χ3v) is 0. The van der Waals surface area contributed by atoms with Crippen LogP contribution in [0.2, 0.25) is 0 Å². The molecule has 0 aromatic heterocycles. The first-order chi connectivity index (χ1) is 2.00. The van der Waals surface area contributed by atoms with Crippen LogP contribution in [-0.4, -0.2) is 17.5 Å². The fourth-order valence-corrected chi connectivity index (χ4v) is 0. The summed E-state index contributed by atoms with van der Waals surface area (Å²) in [6.45, 7) is 0. The molecule has 0 unspecified atom stereocenters. The first-order valence-electron chi connectivity index (χ1n) is 0.698. The molecule has 0 amide bonds. The van der Waals surface area contributed by atoms with Crippen LogP contribution >= 0.6 is 0 Å². The van der Waals surface area contributed by atoms with Crippen molar-refractivity contribution in [2.45, 2.75) is 0 Å². The van der Waals surface area contributed by atoms with Gasteiger partial charge in [0.1, 0.15) is 0 Å². The zero-order valence-electron chi connectivity index (χ0n) is 2.53. The molecule has 0 aliphatic rings. The zero-order valence-corrected chi connectivity index (χ0v) is 4.62. The molecule has 0 spiro atoms. The summed E-state index contributed by atoms with van der Waals surface area (Å²) in [7, 11) is -4.67. The third-order valence-electron chi connectivity index (χ3n) is 0. The van der Waals surface area contributed by atoms with Gasteiger partial charge in [-0.3, -0.25) is 9.11 Å². The molecule has 0 radical (unpaired) electrons. The predicted octanol–water partition coefficient (Wildman–Crippen LogP) is -0.655. The minimum atomic E-state index is -4.67. The van der Waals surface area contributed by atoms with Crippen LogP contribution in [0, 0.1) is 0 Å². The predicted molar refractivity (Wildman–Crippen MR) is 14.2 cm³/mol. The molecule has 6 heteroatoms. The molecule has 0 bridgehead atoms. The zero-order chi connectivity index (χ0) is 4.50. The van der Waals surface area contributed by atoms with Crippen LogP contribution in [0.15, 0.2) is 0 Å². The molecular weight excluding hydrogens is 148 g/mol. The van der Waals surface area contributed by atoms with Crippen LogP contribution in [-0.2, 0) is 27.8 Å². The quantitative estimate of drug-likeness (QED) is 0.450. The molecule has 0 heterocycles. The molecule has 0 aromatic carbocycles. The Morgan fingerprint density at radius 3 is 1.17 bits per heavy atom. The van der Waals surface area contributed by atoms with Gasteiger partial charge >= 0.3 is 27.8 Å². The van der Waals surface area contributed by atoms with Crippen molar-refractivity contribution in [1.82, 2.24) is 0 Å². The van der Waals surface area contributed by atoms with Gasteiger partial charge in [-0.05, 0) is 0 Å². The van der Waals surface area contributed by atoms with Gasteiger partial charge in [-0.15, -0.1) is 0 Å². The molecule has 0 aromatic rings. The summed E-state index contributed by atoms with van der Waals surface area (Å²) in [5, 5.41) is 0. The Bertz CT molecular complexity index is 90.7. The molecule has 6 heavy (non-hydrogen) atoms. The van der Waals surface area contributed by atoms with E-state index in [9.17, 15) is 0 Å². The van der Waals surface area contributed by atoms with E-state index in [0.717, 1.165) is 0 Å². The average molecular weight is 150 g/mol. The molecule has 0 saturated heterocycles. The van der Waals surface area contributed by atoms with Crippen molar-refractivity contribution >= 4 is 10.4 Å². The topological polar surface area (TPSA) is 74.6 Å². The van der Waals surface area contributed by atoms with Crippen molar-refractivity contribution in [3.05, 3.63) is 0 Å². The summed E-state index contributed by atoms with van der Waals surface area (Å²) >= 11 is 0. The molecule has 2 N–H and O–H groups in total. The van der Waals surface area contributed by atoms with Gasteiger partial charge < -0.3 is 0 Å². The van der Waals surface area contributed by atoms with E-state index in [4.69, 9.17) is 17.5 Å². The maximum atomic E-state index is 8.74. The summed E-state index contributed by atoms with van der Waals surface area (Å²) in [5.74, 6) is 0. The van der Waals surface area contributed by atoms with Crippen molar-refractivity contribution in [2.75, 3.05) is 0 Å². The van der Waals surface area contributed by atoms with E-state index < -0.39 is 10.4 Å². The monoisotopic (exact) mass is 150 g/mol. The molecule has 0 rings (SSSR count). The fraction of sp³-hybridized carbons (Fsp3) is 0. The van der Waals surface area contributed by atoms with Crippen LogP contribution < -0.4 is 0 Å². The van der Waals surface area contributed by atoms with Crippen LogP contribution in [0.4, 0.5) is 0 Å². The molecule has 0 aliphatic heterocycles. The van der Waals surface area contributed by atoms with E-state index >= 15 is 0 Å². The van der Waals surface area contributed by atoms with Crippen molar-refractivity contribution < 1.29 is 34.9 Å². The number of hydrogen-bond acceptors (Lipinski definition) is 2. The first-order valence-corrected chi connectivity index (χ1v) is 2.10. The Balaban J connectivity index is 0. The van der Waals surface area contributed by atoms with Gasteiger partial charge in [-0.1, -0.05) is 0 Å². The molecule has 0 aliphatic carbocycles. The van der Waals surface area contributed by atoms with E-state index in [0.29, 0.717) is 0 Å². The molecule has 0 atom stereocenters. The van der Waals surface area contributed by atoms with Crippen LogP contribution in [0.3, 0.4) is 0 Å². The second-order valence-electron chi connectivity index (χ2n) is 0.448. The number of hydrogen-bond donors (Lipinski definition) is 2. The van der Waals surface area contributed by atoms with Gasteiger partial charge in [0.2, 0.25) is 0 Å². The van der Waals surface area contributed by atoms with E-state index in [2.05, 4.69) is 0 Å². The van der Waals surface area contributed by atoms with Crippen LogP contribution in [0.25, 0.3) is 0 Å². The van der Waals surface area contributed by atoms with E-state index in [-0.39, 0.29) is 17.4 Å². The van der Waals surface area contributed by atoms with Crippen LogP contribution in [0.5, 0.6) is 0 Å². The summed E-state index contributed by atoms with van der Waals surface area (Å²) in [4.78, 5) is 0. The van der Waals surface area contributed by atoms with E-state index in [1.165, 1.54) is 0 Å². The fourth-order valence-electron chi connectivity index (χ4n) is 0. The van der Waals surface area contributed by atoms with Gasteiger partial charge in [0.15, 0.2) is 0 Å². The minimum Gasteiger partial charge on any atom is -0.264 e. The molecule has 0 fully saturated rings. The first kappa shape index (κ1) is 9.64. The van der Waals surface area contributed by atoms with Crippen molar-refractivity contribution in [2.24, 2.45) is 0 Å². The molecular formula is H2CrO4S+2. The largest absolute Gasteiger partial charge is 2.00 e. The van der Waals surface area contributed by atoms with Crippen molar-refractivity contribution in [1.29, 1.82) is 0 Å². The van der Waals surface area contributed by atoms with Crippen molar-refractivity contribution in [3.8, 4) is 0 Å². The van der Waals surface area contributed by atoms with Gasteiger partial charge in [0, 0.05) is 0 Å². The van der Waals surface area contributed by atoms with Gasteiger partial charge in [0.25, 0.3) is 0 Å². The Morgan fingerprint density at radius 2 is 1.17 bits per heavy atom. The summed E-state index contributed by atoms with van der Waals surface area (Å²) in [5.41, 5.74) is 0. The van der Waals surface area contributed by atoms with Crippen LogP contribution in [0.1, 0.15) is 0 Å². The number of rotatable bonds is 0. The Kier molecular flexibility index (Phi) is 4.10. The molecule has 0 saturated carbocycles. The van der Waals surface area contributed by atoms with Gasteiger partial charge in [-0.25, -0.2) is 0 Å². The van der Waals surface area contributed by atoms with Gasteiger partial charge in [0.05, 0.1) is 0 Å². The molecule has 36 valence electrons. The standard InChI is InChI=1S/Cr.H2O4S/c;1-5(2,3)4/h;(H2,1,2,3,4)/q+2;. The smallest absolute Gasteiger partial charge is 0.264 e.